The molecule has 2 rings (SSSR count). The summed E-state index contributed by atoms with van der Waals surface area (Å²) in [6.45, 7) is 5.04. The number of anilines is 1. The highest BCUT2D eigenvalue weighted by Gasteiger charge is 2.29. The van der Waals surface area contributed by atoms with Crippen molar-refractivity contribution in [2.75, 3.05) is 12.3 Å². The Balaban J connectivity index is 2.18. The summed E-state index contributed by atoms with van der Waals surface area (Å²) in [6.07, 6.45) is 6.20. The lowest BCUT2D eigenvalue weighted by Crippen LogP contribution is -2.43. The molecule has 1 aromatic rings. The molecule has 0 aromatic carbocycles. The number of nitrogens with zero attached hydrogens (tertiary/aromatic N) is 2. The predicted molar refractivity (Wildman–Crippen MR) is 76.0 cm³/mol. The fourth-order valence-electron chi connectivity index (χ4n) is 2.82. The lowest BCUT2D eigenvalue weighted by molar-refractivity contribution is 0.0603. The number of aryl methyl sites for hydroxylation is 1. The van der Waals surface area contributed by atoms with Crippen LogP contribution >= 0.6 is 0 Å². The number of nitrogens with two attached hydrogens (primary N) is 1. The lowest BCUT2D eigenvalue weighted by atomic mass is 9.99. The first-order valence-corrected chi connectivity index (χ1v) is 7.32. The van der Waals surface area contributed by atoms with Crippen LogP contribution in [0.3, 0.4) is 0 Å². The third-order valence-corrected chi connectivity index (χ3v) is 3.94. The Morgan fingerprint density at radius 2 is 2.26 bits per heavy atom. The number of amides is 1. The molecule has 3 N–H and O–H groups in total. The largest absolute Gasteiger partial charge is 0.395 e. The molecule has 0 radical (unpaired) electrons. The molecule has 1 aliphatic heterocycles. The van der Waals surface area contributed by atoms with Gasteiger partial charge in [-0.3, -0.25) is 9.89 Å². The number of hydrogen-bond acceptors (Lipinski definition) is 3. The van der Waals surface area contributed by atoms with Crippen molar-refractivity contribution in [3.63, 3.8) is 0 Å². The Bertz CT molecular complexity index is 441. The summed E-state index contributed by atoms with van der Waals surface area (Å²) in [5.74, 6) is -0.0114. The van der Waals surface area contributed by atoms with Gasteiger partial charge in [0.25, 0.3) is 5.91 Å². The minimum absolute atomic E-state index is 0.0114. The van der Waals surface area contributed by atoms with Crippen LogP contribution < -0.4 is 5.73 Å². The zero-order valence-electron chi connectivity index (χ0n) is 11.9. The van der Waals surface area contributed by atoms with Crippen LogP contribution in [0, 0.1) is 0 Å². The fraction of sp³-hybridized carbons (Fsp3) is 0.714. The number of hydrogen-bond donors (Lipinski definition) is 2. The third kappa shape index (κ3) is 2.74. The molecule has 1 aromatic heterocycles. The Hall–Kier alpha value is -1.52. The number of carbonyl (C=O) groups is 1. The molecule has 2 heterocycles. The summed E-state index contributed by atoms with van der Waals surface area (Å²) in [5, 5.41) is 7.04. The third-order valence-electron chi connectivity index (χ3n) is 3.94. The van der Waals surface area contributed by atoms with Crippen LogP contribution in [0.4, 0.5) is 5.69 Å². The molecule has 1 unspecified atom stereocenters. The van der Waals surface area contributed by atoms with Gasteiger partial charge in [0.05, 0.1) is 11.4 Å². The Kier molecular flexibility index (Phi) is 4.45. The number of carbonyl (C=O) groups excluding carboxylic acids is 1. The van der Waals surface area contributed by atoms with E-state index in [1.54, 1.807) is 0 Å². The molecular formula is C14H24N4O. The van der Waals surface area contributed by atoms with Gasteiger partial charge in [-0.05, 0) is 32.1 Å². The van der Waals surface area contributed by atoms with Crippen molar-refractivity contribution < 1.29 is 4.79 Å². The average molecular weight is 264 g/mol. The van der Waals surface area contributed by atoms with Gasteiger partial charge >= 0.3 is 0 Å². The average Bonchev–Trinajstić information content (AvgIpc) is 2.80. The second-order valence-corrected chi connectivity index (χ2v) is 5.27. The van der Waals surface area contributed by atoms with E-state index >= 15 is 0 Å². The van der Waals surface area contributed by atoms with Gasteiger partial charge in [0, 0.05) is 12.6 Å². The molecule has 1 atom stereocenters. The summed E-state index contributed by atoms with van der Waals surface area (Å²) in [4.78, 5) is 14.5. The molecular weight excluding hydrogens is 240 g/mol. The molecule has 19 heavy (non-hydrogen) atoms. The molecule has 1 saturated heterocycles. The number of nitrogen functional groups attached to an aromatic ring is 1. The number of aromatic nitrogens is 2. The first-order chi connectivity index (χ1) is 9.19. The molecule has 0 bridgehead atoms. The van der Waals surface area contributed by atoms with Crippen LogP contribution in [0.1, 0.15) is 62.1 Å². The van der Waals surface area contributed by atoms with Gasteiger partial charge in [-0.1, -0.05) is 20.3 Å². The summed E-state index contributed by atoms with van der Waals surface area (Å²) in [6, 6.07) is 0.340. The topological polar surface area (TPSA) is 75.0 Å². The van der Waals surface area contributed by atoms with E-state index in [1.807, 2.05) is 4.90 Å². The second kappa shape index (κ2) is 6.08. The van der Waals surface area contributed by atoms with E-state index in [9.17, 15) is 4.79 Å². The van der Waals surface area contributed by atoms with E-state index in [0.29, 0.717) is 17.4 Å². The van der Waals surface area contributed by atoms with Gasteiger partial charge in [0.1, 0.15) is 0 Å². The van der Waals surface area contributed by atoms with Crippen LogP contribution in [0.25, 0.3) is 0 Å². The molecule has 0 aliphatic carbocycles. The van der Waals surface area contributed by atoms with Crippen molar-refractivity contribution in [3.05, 3.63) is 11.4 Å². The minimum atomic E-state index is -0.0114. The Morgan fingerprint density at radius 1 is 1.47 bits per heavy atom. The number of H-pyrrole nitrogens is 1. The molecule has 1 amide bonds. The predicted octanol–water partition coefficient (Wildman–Crippen LogP) is 2.35. The van der Waals surface area contributed by atoms with E-state index in [0.717, 1.165) is 44.3 Å². The van der Waals surface area contributed by atoms with E-state index < -0.39 is 0 Å². The number of aromatic amines is 1. The molecule has 5 nitrogen and oxygen atoms in total. The van der Waals surface area contributed by atoms with Crippen LogP contribution in [-0.4, -0.2) is 33.6 Å². The van der Waals surface area contributed by atoms with Crippen molar-refractivity contribution in [1.29, 1.82) is 0 Å². The minimum Gasteiger partial charge on any atom is -0.395 e. The number of likely N-dealkylation sites (tertiary alicyclic amines) is 1. The van der Waals surface area contributed by atoms with E-state index in [-0.39, 0.29) is 5.91 Å². The van der Waals surface area contributed by atoms with Crippen molar-refractivity contribution in [2.45, 2.75) is 58.4 Å². The monoisotopic (exact) mass is 264 g/mol. The highest BCUT2D eigenvalue weighted by Crippen LogP contribution is 2.24. The molecule has 0 saturated carbocycles. The van der Waals surface area contributed by atoms with Crippen molar-refractivity contribution in [1.82, 2.24) is 15.1 Å². The number of piperidine rings is 1. The smallest absolute Gasteiger partial charge is 0.276 e. The maximum absolute atomic E-state index is 12.6. The van der Waals surface area contributed by atoms with E-state index in [2.05, 4.69) is 24.0 Å². The molecule has 106 valence electrons. The lowest BCUT2D eigenvalue weighted by Gasteiger charge is -2.34. The number of nitrogens with one attached hydrogen (secondary N) is 1. The van der Waals surface area contributed by atoms with Gasteiger partial charge in [-0.25, -0.2) is 0 Å². The maximum Gasteiger partial charge on any atom is 0.276 e. The zero-order valence-corrected chi connectivity index (χ0v) is 11.9. The maximum atomic E-state index is 12.6. The van der Waals surface area contributed by atoms with Crippen LogP contribution in [0.15, 0.2) is 0 Å². The van der Waals surface area contributed by atoms with Crippen LogP contribution in [0.2, 0.25) is 0 Å². The van der Waals surface area contributed by atoms with Crippen molar-refractivity contribution in [2.24, 2.45) is 0 Å². The van der Waals surface area contributed by atoms with E-state index in [4.69, 9.17) is 5.73 Å². The fourth-order valence-corrected chi connectivity index (χ4v) is 2.82. The van der Waals surface area contributed by atoms with Gasteiger partial charge in [-0.15, -0.1) is 0 Å². The Labute approximate surface area is 114 Å². The normalized spacial score (nSPS) is 19.7. The van der Waals surface area contributed by atoms with Crippen molar-refractivity contribution in [3.8, 4) is 0 Å². The highest BCUT2D eigenvalue weighted by atomic mass is 16.2. The van der Waals surface area contributed by atoms with Crippen LogP contribution in [-0.2, 0) is 6.42 Å². The van der Waals surface area contributed by atoms with E-state index in [1.165, 1.54) is 6.42 Å². The summed E-state index contributed by atoms with van der Waals surface area (Å²) >= 11 is 0. The summed E-state index contributed by atoms with van der Waals surface area (Å²) in [5.41, 5.74) is 7.87. The first-order valence-electron chi connectivity index (χ1n) is 7.32. The highest BCUT2D eigenvalue weighted by molar-refractivity contribution is 5.97. The standard InChI is InChI=1S/C14H24N4O/c1-3-7-11-12(15)13(17-16-11)14(19)18-9-6-5-8-10(18)4-2/h10H,3-9,15H2,1-2H3,(H,16,17). The SMILES string of the molecule is CCCc1[nH]nc(C(=O)N2CCCCC2CC)c1N. The van der Waals surface area contributed by atoms with Crippen LogP contribution in [0.5, 0.6) is 0 Å². The van der Waals surface area contributed by atoms with Gasteiger partial charge < -0.3 is 10.6 Å². The van der Waals surface area contributed by atoms with Crippen molar-refractivity contribution >= 4 is 11.6 Å². The van der Waals surface area contributed by atoms with Gasteiger partial charge in [0.2, 0.25) is 0 Å². The van der Waals surface area contributed by atoms with Gasteiger partial charge in [0.15, 0.2) is 5.69 Å². The summed E-state index contributed by atoms with van der Waals surface area (Å²) in [7, 11) is 0. The quantitative estimate of drug-likeness (QED) is 0.876. The molecule has 0 spiro atoms. The molecule has 1 aliphatic rings. The molecule has 1 fully saturated rings. The Morgan fingerprint density at radius 3 is 2.95 bits per heavy atom. The first kappa shape index (κ1) is 13.9. The zero-order chi connectivity index (χ0) is 13.8. The summed E-state index contributed by atoms with van der Waals surface area (Å²) < 4.78 is 0. The molecule has 5 heteroatoms. The second-order valence-electron chi connectivity index (χ2n) is 5.27. The number of rotatable bonds is 4. The van der Waals surface area contributed by atoms with Gasteiger partial charge in [-0.2, -0.15) is 5.10 Å².